The third kappa shape index (κ3) is 2.05. The minimum atomic E-state index is -0.975. The number of rotatable bonds is 3. The fourth-order valence-electron chi connectivity index (χ4n) is 1.71. The average molecular weight is 232 g/mol. The van der Waals surface area contributed by atoms with Gasteiger partial charge in [-0.2, -0.15) is 0 Å². The largest absolute Gasteiger partial charge is 0.481 e. The Morgan fingerprint density at radius 1 is 1.35 bits per heavy atom. The van der Waals surface area contributed by atoms with E-state index in [0.29, 0.717) is 16.3 Å². The molecular formula is C11H8N2O4. The zero-order valence-electron chi connectivity index (χ0n) is 8.66. The lowest BCUT2D eigenvalue weighted by molar-refractivity contribution is -0.383. The van der Waals surface area contributed by atoms with E-state index in [-0.39, 0.29) is 12.1 Å². The van der Waals surface area contributed by atoms with Crippen molar-refractivity contribution < 1.29 is 14.8 Å². The first-order chi connectivity index (χ1) is 8.09. The topological polar surface area (TPSA) is 93.3 Å². The number of nitrogens with zero attached hydrogens (tertiary/aromatic N) is 2. The van der Waals surface area contributed by atoms with Gasteiger partial charge in [-0.05, 0) is 17.0 Å². The molecule has 6 heteroatoms. The van der Waals surface area contributed by atoms with Crippen LogP contribution in [0.5, 0.6) is 0 Å². The Hall–Kier alpha value is -2.50. The van der Waals surface area contributed by atoms with Crippen molar-refractivity contribution in [3.8, 4) is 0 Å². The molecule has 1 heterocycles. The number of non-ortho nitro benzene ring substituents is 1. The van der Waals surface area contributed by atoms with Crippen LogP contribution in [0.15, 0.2) is 30.6 Å². The molecule has 0 aliphatic rings. The summed E-state index contributed by atoms with van der Waals surface area (Å²) in [5, 5.41) is 20.5. The first kappa shape index (κ1) is 11.0. The second-order valence-electron chi connectivity index (χ2n) is 3.49. The smallest absolute Gasteiger partial charge is 0.307 e. The van der Waals surface area contributed by atoms with Crippen molar-refractivity contribution in [1.29, 1.82) is 0 Å². The molecule has 1 aromatic heterocycles. The molecule has 0 aliphatic carbocycles. The van der Waals surface area contributed by atoms with E-state index < -0.39 is 10.9 Å². The number of carbonyl (C=O) groups is 1. The number of carboxylic acid groups (broad SMARTS) is 1. The highest BCUT2D eigenvalue weighted by Crippen LogP contribution is 2.27. The van der Waals surface area contributed by atoms with Crippen LogP contribution in [0.3, 0.4) is 0 Å². The van der Waals surface area contributed by atoms with Crippen molar-refractivity contribution in [3.63, 3.8) is 0 Å². The van der Waals surface area contributed by atoms with Crippen LogP contribution in [0.4, 0.5) is 5.69 Å². The van der Waals surface area contributed by atoms with Crippen molar-refractivity contribution in [3.05, 3.63) is 46.3 Å². The molecule has 6 nitrogen and oxygen atoms in total. The Kier molecular flexibility index (Phi) is 2.70. The Morgan fingerprint density at radius 3 is 2.76 bits per heavy atom. The lowest BCUT2D eigenvalue weighted by Gasteiger charge is -2.04. The van der Waals surface area contributed by atoms with Gasteiger partial charge in [0, 0.05) is 18.5 Å². The van der Waals surface area contributed by atoms with Crippen molar-refractivity contribution in [2.24, 2.45) is 0 Å². The second kappa shape index (κ2) is 4.17. The summed E-state index contributed by atoms with van der Waals surface area (Å²) >= 11 is 0. The minimum absolute atomic E-state index is 0.0674. The molecule has 0 aliphatic heterocycles. The van der Waals surface area contributed by atoms with Crippen LogP contribution in [0.1, 0.15) is 5.56 Å². The number of aromatic nitrogens is 1. The number of hydrogen-bond donors (Lipinski definition) is 1. The van der Waals surface area contributed by atoms with Gasteiger partial charge in [-0.1, -0.05) is 6.07 Å². The molecule has 1 aromatic carbocycles. The van der Waals surface area contributed by atoms with E-state index >= 15 is 0 Å². The summed E-state index contributed by atoms with van der Waals surface area (Å²) < 4.78 is 0. The van der Waals surface area contributed by atoms with Crippen LogP contribution >= 0.6 is 0 Å². The quantitative estimate of drug-likeness (QED) is 0.642. The number of pyridine rings is 1. The fraction of sp³-hybridized carbons (Fsp3) is 0.0909. The van der Waals surface area contributed by atoms with E-state index in [1.807, 2.05) is 0 Å². The Bertz CT molecular complexity index is 609. The number of carboxylic acids is 1. The van der Waals surface area contributed by atoms with Crippen LogP contribution in [0.25, 0.3) is 10.8 Å². The number of nitro benzene ring substituents is 1. The summed E-state index contributed by atoms with van der Waals surface area (Å²) in [6.45, 7) is 0. The molecule has 86 valence electrons. The van der Waals surface area contributed by atoms with E-state index in [1.54, 1.807) is 6.07 Å². The molecule has 0 fully saturated rings. The first-order valence-corrected chi connectivity index (χ1v) is 4.81. The van der Waals surface area contributed by atoms with E-state index in [2.05, 4.69) is 4.98 Å². The van der Waals surface area contributed by atoms with Gasteiger partial charge >= 0.3 is 5.97 Å². The van der Waals surface area contributed by atoms with Crippen molar-refractivity contribution in [2.75, 3.05) is 0 Å². The van der Waals surface area contributed by atoms with Crippen LogP contribution in [-0.4, -0.2) is 21.0 Å². The van der Waals surface area contributed by atoms with Gasteiger partial charge < -0.3 is 5.11 Å². The van der Waals surface area contributed by atoms with Gasteiger partial charge in [-0.15, -0.1) is 0 Å². The summed E-state index contributed by atoms with van der Waals surface area (Å²) in [6.07, 6.45) is 2.69. The molecule has 17 heavy (non-hydrogen) atoms. The zero-order valence-corrected chi connectivity index (χ0v) is 8.66. The maximum atomic E-state index is 10.8. The van der Waals surface area contributed by atoms with Gasteiger partial charge in [-0.25, -0.2) is 0 Å². The van der Waals surface area contributed by atoms with E-state index in [1.165, 1.54) is 24.5 Å². The third-order valence-electron chi connectivity index (χ3n) is 2.42. The Morgan fingerprint density at radius 2 is 2.12 bits per heavy atom. The second-order valence-corrected chi connectivity index (χ2v) is 3.49. The minimum Gasteiger partial charge on any atom is -0.481 e. The van der Waals surface area contributed by atoms with Gasteiger partial charge in [0.2, 0.25) is 0 Å². The maximum absolute atomic E-state index is 10.8. The highest BCUT2D eigenvalue weighted by Gasteiger charge is 2.15. The molecule has 2 rings (SSSR count). The molecule has 0 saturated carbocycles. The van der Waals surface area contributed by atoms with Crippen LogP contribution in [0.2, 0.25) is 0 Å². The van der Waals surface area contributed by atoms with Crippen molar-refractivity contribution in [1.82, 2.24) is 4.98 Å². The summed E-state index contributed by atoms with van der Waals surface area (Å²) in [7, 11) is 0. The number of aliphatic carboxylic acids is 1. The van der Waals surface area contributed by atoms with Crippen molar-refractivity contribution in [2.45, 2.75) is 6.42 Å². The fourth-order valence-corrected chi connectivity index (χ4v) is 1.71. The number of hydrogen-bond acceptors (Lipinski definition) is 4. The maximum Gasteiger partial charge on any atom is 0.307 e. The number of nitro groups is 1. The van der Waals surface area contributed by atoms with E-state index in [0.717, 1.165) is 0 Å². The third-order valence-corrected chi connectivity index (χ3v) is 2.42. The summed E-state index contributed by atoms with van der Waals surface area (Å²) in [6, 6.07) is 4.36. The Labute approximate surface area is 95.7 Å². The monoisotopic (exact) mass is 232 g/mol. The highest BCUT2D eigenvalue weighted by molar-refractivity contribution is 5.94. The molecule has 0 spiro atoms. The first-order valence-electron chi connectivity index (χ1n) is 4.81. The van der Waals surface area contributed by atoms with Crippen LogP contribution in [0, 0.1) is 10.1 Å². The number of fused-ring (bicyclic) bond motifs is 1. The molecule has 0 unspecified atom stereocenters. The number of benzene rings is 1. The molecule has 2 aromatic rings. The van der Waals surface area contributed by atoms with Gasteiger partial charge in [0.25, 0.3) is 5.69 Å². The molecule has 0 saturated heterocycles. The predicted molar refractivity (Wildman–Crippen MR) is 59.7 cm³/mol. The summed E-state index contributed by atoms with van der Waals surface area (Å²) in [5.74, 6) is -0.975. The molecular weight excluding hydrogens is 224 g/mol. The molecule has 0 bridgehead atoms. The average Bonchev–Trinajstić information content (AvgIpc) is 2.28. The SMILES string of the molecule is O=C(O)Cc1ccc([N+](=O)[O-])c2cnccc12. The normalized spacial score (nSPS) is 10.4. The Balaban J connectivity index is 2.70. The van der Waals surface area contributed by atoms with E-state index in [9.17, 15) is 14.9 Å². The lowest BCUT2D eigenvalue weighted by atomic mass is 10.0. The lowest BCUT2D eigenvalue weighted by Crippen LogP contribution is -2.01. The van der Waals surface area contributed by atoms with Crippen molar-refractivity contribution >= 4 is 22.4 Å². The summed E-state index contributed by atoms with van der Waals surface area (Å²) in [4.78, 5) is 24.8. The summed E-state index contributed by atoms with van der Waals surface area (Å²) in [5.41, 5.74) is 0.475. The van der Waals surface area contributed by atoms with Gasteiger partial charge in [0.1, 0.15) is 0 Å². The molecule has 0 radical (unpaired) electrons. The van der Waals surface area contributed by atoms with Crippen LogP contribution < -0.4 is 0 Å². The van der Waals surface area contributed by atoms with Gasteiger partial charge in [0.05, 0.1) is 16.7 Å². The van der Waals surface area contributed by atoms with E-state index in [4.69, 9.17) is 5.11 Å². The van der Waals surface area contributed by atoms with Gasteiger partial charge in [-0.3, -0.25) is 19.9 Å². The van der Waals surface area contributed by atoms with Crippen LogP contribution in [-0.2, 0) is 11.2 Å². The molecule has 0 amide bonds. The predicted octanol–water partition coefficient (Wildman–Crippen LogP) is 1.77. The molecule has 1 N–H and O–H groups in total. The van der Waals surface area contributed by atoms with Gasteiger partial charge in [0.15, 0.2) is 0 Å². The molecule has 0 atom stereocenters. The standard InChI is InChI=1S/C11H8N2O4/c14-11(15)5-7-1-2-10(13(16)17)9-6-12-4-3-8(7)9/h1-4,6H,5H2,(H,14,15). The zero-order chi connectivity index (χ0) is 12.4. The highest BCUT2D eigenvalue weighted by atomic mass is 16.6.